The highest BCUT2D eigenvalue weighted by atomic mass is 16.5. The van der Waals surface area contributed by atoms with Crippen molar-refractivity contribution in [1.82, 2.24) is 0 Å². The number of amides is 1. The lowest BCUT2D eigenvalue weighted by molar-refractivity contribution is -0.117. The molecule has 5 nitrogen and oxygen atoms in total. The molecule has 0 bridgehead atoms. The van der Waals surface area contributed by atoms with Gasteiger partial charge in [0, 0.05) is 6.54 Å². The summed E-state index contributed by atoms with van der Waals surface area (Å²) in [5, 5.41) is 0. The summed E-state index contributed by atoms with van der Waals surface area (Å²) < 4.78 is 11.0. The van der Waals surface area contributed by atoms with Crippen LogP contribution in [-0.4, -0.2) is 26.1 Å². The van der Waals surface area contributed by atoms with Gasteiger partial charge in [0.15, 0.2) is 11.5 Å². The molecule has 25 heavy (non-hydrogen) atoms. The summed E-state index contributed by atoms with van der Waals surface area (Å²) in [6.45, 7) is 3.09. The molecule has 2 aromatic carbocycles. The second kappa shape index (κ2) is 7.40. The Morgan fingerprint density at radius 2 is 1.96 bits per heavy atom. The number of methoxy groups -OCH3 is 1. The maximum absolute atomic E-state index is 12.9. The van der Waals surface area contributed by atoms with Crippen LogP contribution in [0, 0.1) is 6.92 Å². The lowest BCUT2D eigenvalue weighted by atomic mass is 10.1. The fourth-order valence-corrected chi connectivity index (χ4v) is 2.74. The van der Waals surface area contributed by atoms with Crippen molar-refractivity contribution in [3.05, 3.63) is 59.4 Å². The summed E-state index contributed by atoms with van der Waals surface area (Å²) in [4.78, 5) is 14.6. The van der Waals surface area contributed by atoms with Gasteiger partial charge in [-0.25, -0.2) is 0 Å². The number of nitrogens with two attached hydrogens (primary N) is 1. The Morgan fingerprint density at radius 3 is 2.64 bits per heavy atom. The van der Waals surface area contributed by atoms with E-state index in [9.17, 15) is 4.79 Å². The highest BCUT2D eigenvalue weighted by Gasteiger charge is 2.29. The minimum Gasteiger partial charge on any atom is -0.497 e. The molecule has 0 aliphatic carbocycles. The summed E-state index contributed by atoms with van der Waals surface area (Å²) in [5.74, 6) is 1.60. The van der Waals surface area contributed by atoms with Gasteiger partial charge >= 0.3 is 0 Å². The smallest absolute Gasteiger partial charge is 0.294 e. The number of anilines is 1. The quantitative estimate of drug-likeness (QED) is 0.851. The van der Waals surface area contributed by atoms with Crippen LogP contribution in [0.5, 0.6) is 11.5 Å². The SMILES string of the molecule is COc1ccc(/C=C2/Oc3ccc(C)cc3N(CCCN)C2=O)cc1. The second-order valence-electron chi connectivity index (χ2n) is 5.95. The second-order valence-corrected chi connectivity index (χ2v) is 5.95. The molecule has 0 atom stereocenters. The van der Waals surface area contributed by atoms with Gasteiger partial charge in [-0.3, -0.25) is 4.79 Å². The van der Waals surface area contributed by atoms with Gasteiger partial charge in [0.25, 0.3) is 5.91 Å². The van der Waals surface area contributed by atoms with Crippen molar-refractivity contribution in [3.8, 4) is 11.5 Å². The van der Waals surface area contributed by atoms with Gasteiger partial charge in [-0.15, -0.1) is 0 Å². The molecule has 0 saturated heterocycles. The number of hydrogen-bond acceptors (Lipinski definition) is 4. The summed E-state index contributed by atoms with van der Waals surface area (Å²) in [7, 11) is 1.62. The minimum atomic E-state index is -0.151. The monoisotopic (exact) mass is 338 g/mol. The molecule has 0 spiro atoms. The molecule has 3 rings (SSSR count). The fraction of sp³-hybridized carbons (Fsp3) is 0.250. The van der Waals surface area contributed by atoms with Crippen LogP contribution in [0.4, 0.5) is 5.69 Å². The van der Waals surface area contributed by atoms with E-state index in [1.165, 1.54) is 0 Å². The third kappa shape index (κ3) is 3.67. The maximum Gasteiger partial charge on any atom is 0.294 e. The van der Waals surface area contributed by atoms with E-state index in [0.29, 0.717) is 24.6 Å². The van der Waals surface area contributed by atoms with E-state index in [4.69, 9.17) is 15.2 Å². The molecule has 0 unspecified atom stereocenters. The Balaban J connectivity index is 1.96. The van der Waals surface area contributed by atoms with Gasteiger partial charge in [0.05, 0.1) is 12.8 Å². The first-order valence-electron chi connectivity index (χ1n) is 8.28. The minimum absolute atomic E-state index is 0.151. The van der Waals surface area contributed by atoms with Crippen molar-refractivity contribution in [2.45, 2.75) is 13.3 Å². The molecule has 130 valence electrons. The zero-order chi connectivity index (χ0) is 17.8. The first kappa shape index (κ1) is 17.0. The molecule has 2 N–H and O–H groups in total. The van der Waals surface area contributed by atoms with Crippen molar-refractivity contribution in [2.75, 3.05) is 25.1 Å². The van der Waals surface area contributed by atoms with Gasteiger partial charge < -0.3 is 20.1 Å². The largest absolute Gasteiger partial charge is 0.497 e. The number of fused-ring (bicyclic) bond motifs is 1. The van der Waals surface area contributed by atoms with E-state index in [0.717, 1.165) is 29.0 Å². The molecule has 1 amide bonds. The van der Waals surface area contributed by atoms with E-state index in [2.05, 4.69) is 0 Å². The molecule has 0 saturated carbocycles. The summed E-state index contributed by atoms with van der Waals surface area (Å²) in [5.41, 5.74) is 8.38. The van der Waals surface area contributed by atoms with Crippen molar-refractivity contribution in [3.63, 3.8) is 0 Å². The number of hydrogen-bond donors (Lipinski definition) is 1. The molecule has 5 heteroatoms. The van der Waals surface area contributed by atoms with Crippen molar-refractivity contribution >= 4 is 17.7 Å². The van der Waals surface area contributed by atoms with Crippen LogP contribution in [0.3, 0.4) is 0 Å². The number of carbonyl (C=O) groups is 1. The molecule has 0 fully saturated rings. The van der Waals surface area contributed by atoms with Crippen LogP contribution < -0.4 is 20.1 Å². The number of nitrogens with zero attached hydrogens (tertiary/aromatic N) is 1. The summed E-state index contributed by atoms with van der Waals surface area (Å²) in [6, 6.07) is 13.3. The fourth-order valence-electron chi connectivity index (χ4n) is 2.74. The average molecular weight is 338 g/mol. The number of rotatable bonds is 5. The van der Waals surface area contributed by atoms with Gasteiger partial charge in [-0.05, 0) is 61.4 Å². The normalized spacial score (nSPS) is 15.1. The highest BCUT2D eigenvalue weighted by molar-refractivity contribution is 6.09. The Bertz CT molecular complexity index is 797. The standard InChI is InChI=1S/C20H22N2O3/c1-14-4-9-18-17(12-14)22(11-3-10-21)20(23)19(25-18)13-15-5-7-16(24-2)8-6-15/h4-9,12-13H,3,10-11,21H2,1-2H3/b19-13+. The topological polar surface area (TPSA) is 64.8 Å². The van der Waals surface area contributed by atoms with Crippen LogP contribution in [-0.2, 0) is 4.79 Å². The first-order chi connectivity index (χ1) is 12.1. The Morgan fingerprint density at radius 1 is 1.20 bits per heavy atom. The van der Waals surface area contributed by atoms with Crippen LogP contribution in [0.25, 0.3) is 6.08 Å². The lowest BCUT2D eigenvalue weighted by Gasteiger charge is -2.30. The summed E-state index contributed by atoms with van der Waals surface area (Å²) >= 11 is 0. The molecule has 1 aliphatic heterocycles. The van der Waals surface area contributed by atoms with Crippen LogP contribution in [0.2, 0.25) is 0 Å². The highest BCUT2D eigenvalue weighted by Crippen LogP contribution is 2.36. The molecular formula is C20H22N2O3. The third-order valence-electron chi connectivity index (χ3n) is 4.08. The zero-order valence-electron chi connectivity index (χ0n) is 14.5. The number of carbonyl (C=O) groups excluding carboxylic acids is 1. The van der Waals surface area contributed by atoms with E-state index in [1.807, 2.05) is 49.4 Å². The summed E-state index contributed by atoms with van der Waals surface area (Å²) in [6.07, 6.45) is 2.48. The maximum atomic E-state index is 12.9. The van der Waals surface area contributed by atoms with Gasteiger partial charge in [-0.2, -0.15) is 0 Å². The zero-order valence-corrected chi connectivity index (χ0v) is 14.5. The van der Waals surface area contributed by atoms with E-state index in [1.54, 1.807) is 18.1 Å². The molecule has 0 radical (unpaired) electrons. The Kier molecular flexibility index (Phi) is 5.05. The van der Waals surface area contributed by atoms with Crippen LogP contribution in [0.15, 0.2) is 48.2 Å². The van der Waals surface area contributed by atoms with Gasteiger partial charge in [0.1, 0.15) is 5.75 Å². The average Bonchev–Trinajstić information content (AvgIpc) is 2.63. The molecule has 2 aromatic rings. The molecule has 0 aromatic heterocycles. The lowest BCUT2D eigenvalue weighted by Crippen LogP contribution is -2.38. The first-order valence-corrected chi connectivity index (χ1v) is 8.28. The molecule has 1 heterocycles. The Labute approximate surface area is 147 Å². The van der Waals surface area contributed by atoms with E-state index < -0.39 is 0 Å². The van der Waals surface area contributed by atoms with E-state index >= 15 is 0 Å². The predicted octanol–water partition coefficient (Wildman–Crippen LogP) is 3.12. The number of benzene rings is 2. The Hall–Kier alpha value is -2.79. The molecule has 1 aliphatic rings. The van der Waals surface area contributed by atoms with Crippen LogP contribution in [0.1, 0.15) is 17.5 Å². The third-order valence-corrected chi connectivity index (χ3v) is 4.08. The number of ether oxygens (including phenoxy) is 2. The van der Waals surface area contributed by atoms with Crippen molar-refractivity contribution < 1.29 is 14.3 Å². The van der Waals surface area contributed by atoms with Gasteiger partial charge in [0.2, 0.25) is 0 Å². The predicted molar refractivity (Wildman–Crippen MR) is 98.8 cm³/mol. The van der Waals surface area contributed by atoms with Crippen molar-refractivity contribution in [1.29, 1.82) is 0 Å². The molecular weight excluding hydrogens is 316 g/mol. The van der Waals surface area contributed by atoms with Crippen molar-refractivity contribution in [2.24, 2.45) is 5.73 Å². The van der Waals surface area contributed by atoms with E-state index in [-0.39, 0.29) is 5.91 Å². The van der Waals surface area contributed by atoms with Gasteiger partial charge in [-0.1, -0.05) is 18.2 Å². The number of aryl methyl sites for hydroxylation is 1. The van der Waals surface area contributed by atoms with Crippen LogP contribution >= 0.6 is 0 Å².